The summed E-state index contributed by atoms with van der Waals surface area (Å²) < 4.78 is 19.2. The molecule has 16 heavy (non-hydrogen) atoms. The fourth-order valence-corrected chi connectivity index (χ4v) is 2.41. The van der Waals surface area contributed by atoms with Gasteiger partial charge in [0, 0.05) is 18.6 Å². The van der Waals surface area contributed by atoms with Gasteiger partial charge in [0.25, 0.3) is 0 Å². The molecular weight excluding hydrogens is 205 g/mol. The Morgan fingerprint density at radius 1 is 1.50 bits per heavy atom. The predicted molar refractivity (Wildman–Crippen MR) is 61.6 cm³/mol. The first-order valence-corrected chi connectivity index (χ1v) is 5.73. The molecule has 3 heteroatoms. The maximum atomic E-state index is 13.6. The molecule has 2 rings (SSSR count). The van der Waals surface area contributed by atoms with Crippen LogP contribution < -0.4 is 5.73 Å². The first kappa shape index (κ1) is 11.6. The minimum atomic E-state index is -0.144. The molecule has 1 fully saturated rings. The summed E-state index contributed by atoms with van der Waals surface area (Å²) in [4.78, 5) is 0. The van der Waals surface area contributed by atoms with Crippen LogP contribution in [0.4, 0.5) is 4.39 Å². The van der Waals surface area contributed by atoms with Crippen molar-refractivity contribution in [2.75, 3.05) is 13.2 Å². The molecule has 2 N–H and O–H groups in total. The Kier molecular flexibility index (Phi) is 3.26. The Morgan fingerprint density at radius 2 is 2.25 bits per heavy atom. The summed E-state index contributed by atoms with van der Waals surface area (Å²) in [5, 5.41) is 0. The quantitative estimate of drug-likeness (QED) is 0.852. The topological polar surface area (TPSA) is 35.2 Å². The largest absolute Gasteiger partial charge is 0.378 e. The number of hydrogen-bond acceptors (Lipinski definition) is 2. The van der Waals surface area contributed by atoms with Crippen molar-refractivity contribution < 1.29 is 9.13 Å². The van der Waals surface area contributed by atoms with E-state index in [1.54, 1.807) is 6.07 Å². The van der Waals surface area contributed by atoms with Crippen LogP contribution in [0.25, 0.3) is 0 Å². The molecule has 0 spiro atoms. The van der Waals surface area contributed by atoms with Crippen LogP contribution in [0.1, 0.15) is 18.9 Å². The Morgan fingerprint density at radius 3 is 2.81 bits per heavy atom. The highest BCUT2D eigenvalue weighted by molar-refractivity contribution is 5.20. The average Bonchev–Trinajstić information content (AvgIpc) is 2.64. The first-order valence-electron chi connectivity index (χ1n) is 5.73. The fraction of sp³-hybridized carbons (Fsp3) is 0.538. The molecule has 1 aromatic carbocycles. The lowest BCUT2D eigenvalue weighted by molar-refractivity contribution is 0.0670. The van der Waals surface area contributed by atoms with Crippen molar-refractivity contribution in [2.24, 2.45) is 11.1 Å². The molecule has 2 nitrogen and oxygen atoms in total. The SMILES string of the molecule is CC1OCCC1(CN)Cc1ccccc1F. The lowest BCUT2D eigenvalue weighted by Crippen LogP contribution is -2.39. The van der Waals surface area contributed by atoms with E-state index < -0.39 is 0 Å². The van der Waals surface area contributed by atoms with E-state index in [2.05, 4.69) is 0 Å². The van der Waals surface area contributed by atoms with Crippen molar-refractivity contribution in [1.29, 1.82) is 0 Å². The van der Waals surface area contributed by atoms with Crippen LogP contribution in [0.2, 0.25) is 0 Å². The van der Waals surface area contributed by atoms with Crippen LogP contribution in [0.3, 0.4) is 0 Å². The number of ether oxygens (including phenoxy) is 1. The number of rotatable bonds is 3. The highest BCUT2D eigenvalue weighted by atomic mass is 19.1. The van der Waals surface area contributed by atoms with Gasteiger partial charge < -0.3 is 10.5 Å². The van der Waals surface area contributed by atoms with Gasteiger partial charge in [-0.25, -0.2) is 4.39 Å². The van der Waals surface area contributed by atoms with Gasteiger partial charge in [0.1, 0.15) is 5.82 Å². The molecule has 2 unspecified atom stereocenters. The van der Waals surface area contributed by atoms with Gasteiger partial charge >= 0.3 is 0 Å². The molecule has 2 atom stereocenters. The maximum absolute atomic E-state index is 13.6. The van der Waals surface area contributed by atoms with E-state index in [1.165, 1.54) is 6.07 Å². The highest BCUT2D eigenvalue weighted by Gasteiger charge is 2.40. The molecule has 1 heterocycles. The zero-order valence-corrected chi connectivity index (χ0v) is 9.58. The molecule has 88 valence electrons. The Balaban J connectivity index is 2.22. The molecule has 1 aliphatic heterocycles. The van der Waals surface area contributed by atoms with Gasteiger partial charge in [0.05, 0.1) is 6.10 Å². The van der Waals surface area contributed by atoms with Crippen LogP contribution in [0, 0.1) is 11.2 Å². The zero-order valence-electron chi connectivity index (χ0n) is 9.58. The standard InChI is InChI=1S/C13H18FNO/c1-10-13(9-15,6-7-16-10)8-11-4-2-3-5-12(11)14/h2-5,10H,6-9,15H2,1H3. The second-order valence-electron chi connectivity index (χ2n) is 4.60. The van der Waals surface area contributed by atoms with E-state index in [9.17, 15) is 4.39 Å². The monoisotopic (exact) mass is 223 g/mol. The van der Waals surface area contributed by atoms with Crippen LogP contribution in [0.15, 0.2) is 24.3 Å². The van der Waals surface area contributed by atoms with Crippen molar-refractivity contribution >= 4 is 0 Å². The van der Waals surface area contributed by atoms with Crippen molar-refractivity contribution in [3.05, 3.63) is 35.6 Å². The Bertz CT molecular complexity index is 369. The van der Waals surface area contributed by atoms with Crippen LogP contribution in [-0.2, 0) is 11.2 Å². The molecule has 1 aliphatic rings. The molecule has 0 amide bonds. The van der Waals surface area contributed by atoms with Crippen molar-refractivity contribution in [3.8, 4) is 0 Å². The third-order valence-electron chi connectivity index (χ3n) is 3.74. The fourth-order valence-electron chi connectivity index (χ4n) is 2.41. The minimum absolute atomic E-state index is 0.0950. The number of hydrogen-bond donors (Lipinski definition) is 1. The van der Waals surface area contributed by atoms with Crippen molar-refractivity contribution in [3.63, 3.8) is 0 Å². The predicted octanol–water partition coefficient (Wildman–Crippen LogP) is 2.12. The van der Waals surface area contributed by atoms with Gasteiger partial charge in [-0.2, -0.15) is 0 Å². The van der Waals surface area contributed by atoms with E-state index in [0.717, 1.165) is 18.6 Å². The van der Waals surface area contributed by atoms with E-state index in [-0.39, 0.29) is 17.3 Å². The summed E-state index contributed by atoms with van der Waals surface area (Å²) in [5.74, 6) is -0.144. The molecule has 0 aromatic heterocycles. The Hall–Kier alpha value is -0.930. The number of benzene rings is 1. The van der Waals surface area contributed by atoms with E-state index in [1.807, 2.05) is 19.1 Å². The lowest BCUT2D eigenvalue weighted by atomic mass is 9.76. The third kappa shape index (κ3) is 1.97. The van der Waals surface area contributed by atoms with E-state index in [0.29, 0.717) is 13.0 Å². The lowest BCUT2D eigenvalue weighted by Gasteiger charge is -2.30. The molecule has 1 saturated heterocycles. The maximum Gasteiger partial charge on any atom is 0.126 e. The van der Waals surface area contributed by atoms with Crippen LogP contribution >= 0.6 is 0 Å². The van der Waals surface area contributed by atoms with Crippen molar-refractivity contribution in [2.45, 2.75) is 25.9 Å². The number of halogens is 1. The minimum Gasteiger partial charge on any atom is -0.378 e. The second-order valence-corrected chi connectivity index (χ2v) is 4.60. The Labute approximate surface area is 95.6 Å². The highest BCUT2D eigenvalue weighted by Crippen LogP contribution is 2.37. The summed E-state index contributed by atoms with van der Waals surface area (Å²) in [5.41, 5.74) is 6.50. The summed E-state index contributed by atoms with van der Waals surface area (Å²) >= 11 is 0. The number of nitrogens with two attached hydrogens (primary N) is 1. The van der Waals surface area contributed by atoms with Gasteiger partial charge in [-0.05, 0) is 31.4 Å². The summed E-state index contributed by atoms with van der Waals surface area (Å²) in [6.45, 7) is 3.30. The van der Waals surface area contributed by atoms with E-state index in [4.69, 9.17) is 10.5 Å². The summed E-state index contributed by atoms with van der Waals surface area (Å²) in [6.07, 6.45) is 1.69. The first-order chi connectivity index (χ1) is 7.68. The average molecular weight is 223 g/mol. The van der Waals surface area contributed by atoms with Crippen LogP contribution in [-0.4, -0.2) is 19.3 Å². The smallest absolute Gasteiger partial charge is 0.126 e. The third-order valence-corrected chi connectivity index (χ3v) is 3.74. The van der Waals surface area contributed by atoms with Gasteiger partial charge in [-0.1, -0.05) is 18.2 Å². The van der Waals surface area contributed by atoms with E-state index >= 15 is 0 Å². The second kappa shape index (κ2) is 4.52. The summed E-state index contributed by atoms with van der Waals surface area (Å²) in [7, 11) is 0. The normalized spacial score (nSPS) is 29.6. The zero-order chi connectivity index (χ0) is 11.6. The molecule has 0 saturated carbocycles. The molecule has 1 aromatic rings. The summed E-state index contributed by atoms with van der Waals surface area (Å²) in [6, 6.07) is 6.91. The van der Waals surface area contributed by atoms with Gasteiger partial charge in [-0.3, -0.25) is 0 Å². The molecule has 0 radical (unpaired) electrons. The van der Waals surface area contributed by atoms with Gasteiger partial charge in [0.15, 0.2) is 0 Å². The molecule has 0 aliphatic carbocycles. The van der Waals surface area contributed by atoms with Gasteiger partial charge in [0.2, 0.25) is 0 Å². The molecular formula is C13H18FNO. The van der Waals surface area contributed by atoms with Gasteiger partial charge in [-0.15, -0.1) is 0 Å². The molecule has 0 bridgehead atoms. The van der Waals surface area contributed by atoms with Crippen LogP contribution in [0.5, 0.6) is 0 Å². The van der Waals surface area contributed by atoms with Crippen molar-refractivity contribution in [1.82, 2.24) is 0 Å².